The first kappa shape index (κ1) is 97.0. The predicted molar refractivity (Wildman–Crippen MR) is 417 cm³/mol. The van der Waals surface area contributed by atoms with Crippen molar-refractivity contribution in [2.45, 2.75) is 347 Å². The van der Waals surface area contributed by atoms with Gasteiger partial charge < -0.3 is 34.2 Å². The van der Waals surface area contributed by atoms with Crippen LogP contribution in [0.3, 0.4) is 0 Å². The molecule has 0 fully saturated rings. The van der Waals surface area contributed by atoms with Crippen LogP contribution in [-0.2, 0) is 55.8 Å². The minimum Gasteiger partial charge on any atom is -0.463 e. The molecule has 0 aliphatic carbocycles. The number of carbonyl (C=O) groups excluding carboxylic acids is 3. The third-order valence-corrected chi connectivity index (χ3v) is 18.5. The van der Waals surface area contributed by atoms with Gasteiger partial charge in [-0.1, -0.05) is 296 Å². The van der Waals surface area contributed by atoms with Gasteiger partial charge in [-0.2, -0.15) is 0 Å². The normalized spacial score (nSPS) is 14.6. The SMILES string of the molecule is CC/C=C\C/C=C\C/C=C\CCCCCCCCCC(=O)OC(COC(=O)CCCCCCCC/C=C\C/C=C\C/C=C\CCCCC)COP(=O)(O)OCC(O)COP(=O)(O)OCC(O)COC(=O)CCCCCCCCCCCCCCC/C=C\C/C=C\C/C=C\C/C=C\CCCCC. The van der Waals surface area contributed by atoms with E-state index in [1.54, 1.807) is 0 Å². The van der Waals surface area contributed by atoms with Crippen LogP contribution in [-0.4, -0.2) is 95.9 Å². The summed E-state index contributed by atoms with van der Waals surface area (Å²) < 4.78 is 61.2. The van der Waals surface area contributed by atoms with Crippen molar-refractivity contribution in [2.24, 2.45) is 0 Å². The molecule has 0 spiro atoms. The number of aliphatic hydroxyl groups is 2. The van der Waals surface area contributed by atoms with Crippen LogP contribution in [0, 0.1) is 0 Å². The van der Waals surface area contributed by atoms with Crippen LogP contribution in [0.2, 0.25) is 0 Å². The molecule has 0 aromatic heterocycles. The Morgan fingerprint density at radius 1 is 0.287 bits per heavy atom. The van der Waals surface area contributed by atoms with Crippen molar-refractivity contribution < 1.29 is 75.8 Å². The first-order valence-electron chi connectivity index (χ1n) is 39.8. The van der Waals surface area contributed by atoms with E-state index >= 15 is 0 Å². The molecular weight excluding hydrogens is 1310 g/mol. The van der Waals surface area contributed by atoms with Gasteiger partial charge >= 0.3 is 33.6 Å². The molecule has 0 aromatic carbocycles. The smallest absolute Gasteiger partial charge is 0.463 e. The molecule has 0 rings (SSSR count). The van der Waals surface area contributed by atoms with E-state index in [1.165, 1.54) is 103 Å². The molecule has 101 heavy (non-hydrogen) atoms. The summed E-state index contributed by atoms with van der Waals surface area (Å²) in [7, 11) is -9.80. The molecule has 0 amide bonds. The highest BCUT2D eigenvalue weighted by molar-refractivity contribution is 7.47. The van der Waals surface area contributed by atoms with Crippen molar-refractivity contribution in [3.05, 3.63) is 122 Å². The van der Waals surface area contributed by atoms with E-state index in [0.717, 1.165) is 167 Å². The van der Waals surface area contributed by atoms with Crippen molar-refractivity contribution in [2.75, 3.05) is 39.6 Å². The molecule has 0 aromatic rings. The van der Waals surface area contributed by atoms with Crippen molar-refractivity contribution in [1.82, 2.24) is 0 Å². The maximum atomic E-state index is 13.0. The Labute approximate surface area is 614 Å². The number of allylic oxidation sites excluding steroid dienone is 20. The Balaban J connectivity index is 4.55. The highest BCUT2D eigenvalue weighted by Crippen LogP contribution is 2.45. The number of rotatable bonds is 75. The molecule has 0 heterocycles. The molecule has 0 saturated heterocycles. The van der Waals surface area contributed by atoms with E-state index in [0.29, 0.717) is 19.3 Å². The van der Waals surface area contributed by atoms with Gasteiger partial charge in [0.25, 0.3) is 0 Å². The van der Waals surface area contributed by atoms with E-state index in [9.17, 15) is 43.5 Å². The molecule has 582 valence electrons. The molecule has 4 N–H and O–H groups in total. The van der Waals surface area contributed by atoms with E-state index in [4.69, 9.17) is 32.3 Å². The highest BCUT2D eigenvalue weighted by Gasteiger charge is 2.29. The van der Waals surface area contributed by atoms with Gasteiger partial charge in [0.15, 0.2) is 6.10 Å². The molecule has 18 heteroatoms. The zero-order valence-electron chi connectivity index (χ0n) is 63.5. The second-order valence-corrected chi connectivity index (χ2v) is 29.4. The topological polar surface area (TPSA) is 231 Å². The van der Waals surface area contributed by atoms with Crippen LogP contribution < -0.4 is 0 Å². The summed E-state index contributed by atoms with van der Waals surface area (Å²) >= 11 is 0. The molecule has 5 atom stereocenters. The number of hydrogen-bond acceptors (Lipinski definition) is 14. The molecule has 0 bridgehead atoms. The summed E-state index contributed by atoms with van der Waals surface area (Å²) in [5.74, 6) is -1.60. The molecule has 0 radical (unpaired) electrons. The van der Waals surface area contributed by atoms with Crippen molar-refractivity contribution in [1.29, 1.82) is 0 Å². The Morgan fingerprint density at radius 2 is 0.525 bits per heavy atom. The Morgan fingerprint density at radius 3 is 0.832 bits per heavy atom. The molecule has 5 unspecified atom stereocenters. The van der Waals surface area contributed by atoms with Gasteiger partial charge in [0.2, 0.25) is 0 Å². The van der Waals surface area contributed by atoms with Crippen LogP contribution in [0.25, 0.3) is 0 Å². The number of esters is 3. The van der Waals surface area contributed by atoms with Crippen molar-refractivity contribution in [3.8, 4) is 0 Å². The average Bonchev–Trinajstić information content (AvgIpc) is 0.995. The van der Waals surface area contributed by atoms with Gasteiger partial charge in [0, 0.05) is 19.3 Å². The molecule has 0 saturated carbocycles. The van der Waals surface area contributed by atoms with Gasteiger partial charge in [0.1, 0.15) is 25.4 Å². The number of phosphoric acid groups is 2. The summed E-state index contributed by atoms with van der Waals surface area (Å²) in [4.78, 5) is 58.7. The Hall–Kier alpha value is -4.05. The Bertz CT molecular complexity index is 2320. The summed E-state index contributed by atoms with van der Waals surface area (Å²) in [6.45, 7) is 2.51. The lowest BCUT2D eigenvalue weighted by Gasteiger charge is -2.21. The summed E-state index contributed by atoms with van der Waals surface area (Å²) in [6, 6.07) is 0. The van der Waals surface area contributed by atoms with E-state index in [-0.39, 0.29) is 19.3 Å². The first-order chi connectivity index (χ1) is 49.2. The lowest BCUT2D eigenvalue weighted by molar-refractivity contribution is -0.161. The third kappa shape index (κ3) is 76.9. The molecule has 16 nitrogen and oxygen atoms in total. The van der Waals surface area contributed by atoms with E-state index < -0.39 is 91.5 Å². The number of hydrogen-bond donors (Lipinski definition) is 4. The summed E-state index contributed by atoms with van der Waals surface area (Å²) in [5.41, 5.74) is 0. The fourth-order valence-corrected chi connectivity index (χ4v) is 12.2. The fraction of sp³-hybridized carbons (Fsp3) is 0.723. The average molecular weight is 1460 g/mol. The number of phosphoric ester groups is 2. The van der Waals surface area contributed by atoms with Gasteiger partial charge in [-0.15, -0.1) is 0 Å². The maximum Gasteiger partial charge on any atom is 0.472 e. The minimum atomic E-state index is -4.94. The standard InChI is InChI=1S/C83H144O16P2/c1-4-7-10-13-16-19-22-25-28-31-33-34-35-36-37-38-39-40-41-42-44-47-48-51-54-57-60-63-66-69-81(86)93-72-78(84)73-95-100(89,90)96-74-79(85)75-97-101(91,92)98-77-80(99-83(88)71-68-65-62-59-56-53-50-45-30-27-24-21-18-15-12-9-6-3)76-94-82(87)70-67-64-61-58-55-52-49-46-43-32-29-26-23-20-17-14-11-8-5-2/h9,12,16-21,25-30,33-34,36-37,43,46,78-80,84-85H,4-8,10-11,13-15,22-24,31-32,35,38-42,44-45,47-77H2,1-3H3,(H,89,90)(H,91,92)/b12-9-,19-16-,20-17-,21-18-,28-25-,29-26-,30-27-,34-33-,37-36-,46-43-. The largest absolute Gasteiger partial charge is 0.472 e. The van der Waals surface area contributed by atoms with Crippen molar-refractivity contribution >= 4 is 33.6 Å². The van der Waals surface area contributed by atoms with Crippen molar-refractivity contribution in [3.63, 3.8) is 0 Å². The van der Waals surface area contributed by atoms with Crippen LogP contribution in [0.1, 0.15) is 329 Å². The minimum absolute atomic E-state index is 0.0884. The highest BCUT2D eigenvalue weighted by atomic mass is 31.2. The molecular formula is C83H144O16P2. The predicted octanol–water partition coefficient (Wildman–Crippen LogP) is 23.3. The van der Waals surface area contributed by atoms with Gasteiger partial charge in [-0.25, -0.2) is 9.13 Å². The zero-order valence-corrected chi connectivity index (χ0v) is 65.3. The second kappa shape index (κ2) is 75.6. The van der Waals surface area contributed by atoms with E-state index in [2.05, 4.69) is 142 Å². The summed E-state index contributed by atoms with van der Waals surface area (Å²) in [5, 5.41) is 20.6. The van der Waals surface area contributed by atoms with Crippen LogP contribution in [0.5, 0.6) is 0 Å². The second-order valence-electron chi connectivity index (χ2n) is 26.5. The number of ether oxygens (including phenoxy) is 3. The lowest BCUT2D eigenvalue weighted by atomic mass is 10.0. The maximum absolute atomic E-state index is 13.0. The van der Waals surface area contributed by atoms with Crippen LogP contribution in [0.4, 0.5) is 0 Å². The monoisotopic (exact) mass is 1460 g/mol. The lowest BCUT2D eigenvalue weighted by Crippen LogP contribution is -2.30. The number of carbonyl (C=O) groups is 3. The van der Waals surface area contributed by atoms with Crippen LogP contribution in [0.15, 0.2) is 122 Å². The number of aliphatic hydroxyl groups excluding tert-OH is 2. The summed E-state index contributed by atoms with van der Waals surface area (Å²) in [6.07, 6.45) is 89.5. The van der Waals surface area contributed by atoms with Gasteiger partial charge in [-0.3, -0.25) is 32.5 Å². The number of unbranched alkanes of at least 4 members (excludes halogenated alkanes) is 32. The zero-order chi connectivity index (χ0) is 73.7. The fourth-order valence-electron chi connectivity index (χ4n) is 10.6. The first-order valence-corrected chi connectivity index (χ1v) is 42.8. The van der Waals surface area contributed by atoms with Gasteiger partial charge in [0.05, 0.1) is 26.4 Å². The van der Waals surface area contributed by atoms with Crippen LogP contribution >= 0.6 is 15.6 Å². The third-order valence-electron chi connectivity index (χ3n) is 16.6. The molecule has 0 aliphatic heterocycles. The quantitative estimate of drug-likeness (QED) is 0.0146. The molecule has 0 aliphatic rings. The Kier molecular flexibility index (Phi) is 72.6. The van der Waals surface area contributed by atoms with E-state index in [1.807, 2.05) is 0 Å². The van der Waals surface area contributed by atoms with Gasteiger partial charge in [-0.05, 0) is 135 Å².